The number of carbonyl (C=O) groups excluding carboxylic acids is 2. The van der Waals surface area contributed by atoms with Crippen molar-refractivity contribution in [2.24, 2.45) is 0 Å². The Kier molecular flexibility index (Phi) is 8.99. The van der Waals surface area contributed by atoms with Crippen molar-refractivity contribution in [1.82, 2.24) is 0 Å². The zero-order valence-electron chi connectivity index (χ0n) is 14.5. The molecule has 1 aromatic rings. The average Bonchev–Trinajstić information content (AvgIpc) is 2.58. The highest BCUT2D eigenvalue weighted by Gasteiger charge is 2.22. The third-order valence-electron chi connectivity index (χ3n) is 3.51. The minimum Gasteiger partial charge on any atom is -0.492 e. The molecule has 8 heteroatoms. The van der Waals surface area contributed by atoms with Crippen molar-refractivity contribution in [1.29, 1.82) is 0 Å². The van der Waals surface area contributed by atoms with Gasteiger partial charge in [-0.1, -0.05) is 19.3 Å². The zero-order chi connectivity index (χ0) is 18.7. The maximum Gasteiger partial charge on any atom is 0.302 e. The number of benzene rings is 1. The smallest absolute Gasteiger partial charge is 0.302 e. The first kappa shape index (κ1) is 20.4. The molecule has 25 heavy (non-hydrogen) atoms. The third-order valence-corrected chi connectivity index (χ3v) is 3.51. The molecule has 0 aliphatic carbocycles. The molecule has 0 bridgehead atoms. The molecule has 0 heterocycles. The van der Waals surface area contributed by atoms with E-state index in [1.165, 1.54) is 26.2 Å². The van der Waals surface area contributed by atoms with Crippen LogP contribution in [-0.4, -0.2) is 37.5 Å². The molecule has 0 aliphatic rings. The fourth-order valence-corrected chi connectivity index (χ4v) is 2.30. The van der Waals surface area contributed by atoms with Gasteiger partial charge in [0, 0.05) is 13.0 Å². The first-order valence-electron chi connectivity index (χ1n) is 8.08. The number of hydrogen-bond acceptors (Lipinski definition) is 7. The lowest BCUT2D eigenvalue weighted by Gasteiger charge is -2.12. The van der Waals surface area contributed by atoms with E-state index in [4.69, 9.17) is 14.2 Å². The number of carbonyl (C=O) groups is 2. The molecule has 0 spiro atoms. The molecular formula is C17H23NO7. The lowest BCUT2D eigenvalue weighted by Crippen LogP contribution is -2.04. The standard InChI is InChI=1S/C17H23NO7/c1-13(20)24-10-6-4-3-5-7-11-25-16-9-8-15(18(21)22)14(12-19)17(16)23-2/h8-9,12H,3-7,10-11H2,1-2H3. The molecule has 0 saturated carbocycles. The second-order valence-electron chi connectivity index (χ2n) is 5.36. The summed E-state index contributed by atoms with van der Waals surface area (Å²) in [6, 6.07) is 2.67. The van der Waals surface area contributed by atoms with Gasteiger partial charge in [0.25, 0.3) is 5.69 Å². The van der Waals surface area contributed by atoms with Crippen molar-refractivity contribution in [3.63, 3.8) is 0 Å². The van der Waals surface area contributed by atoms with E-state index in [0.717, 1.165) is 32.1 Å². The Balaban J connectivity index is 2.41. The number of unbranched alkanes of at least 4 members (excludes halogenated alkanes) is 4. The summed E-state index contributed by atoms with van der Waals surface area (Å²) < 4.78 is 15.5. The monoisotopic (exact) mass is 353 g/mol. The summed E-state index contributed by atoms with van der Waals surface area (Å²) in [5.41, 5.74) is -0.442. The maximum absolute atomic E-state index is 11.1. The molecule has 1 aromatic carbocycles. The quantitative estimate of drug-likeness (QED) is 0.187. The average molecular weight is 353 g/mol. The Hall–Kier alpha value is -2.64. The molecule has 138 valence electrons. The molecule has 0 unspecified atom stereocenters. The van der Waals surface area contributed by atoms with E-state index in [2.05, 4.69) is 0 Å². The van der Waals surface area contributed by atoms with E-state index in [1.54, 1.807) is 0 Å². The Labute approximate surface area is 146 Å². The molecule has 0 radical (unpaired) electrons. The van der Waals surface area contributed by atoms with Gasteiger partial charge in [0.05, 0.1) is 25.2 Å². The van der Waals surface area contributed by atoms with Crippen LogP contribution in [0.2, 0.25) is 0 Å². The van der Waals surface area contributed by atoms with Crippen LogP contribution in [0.15, 0.2) is 12.1 Å². The van der Waals surface area contributed by atoms with E-state index in [9.17, 15) is 19.7 Å². The van der Waals surface area contributed by atoms with Crippen LogP contribution >= 0.6 is 0 Å². The topological polar surface area (TPSA) is 105 Å². The zero-order valence-corrected chi connectivity index (χ0v) is 14.5. The van der Waals surface area contributed by atoms with Crippen LogP contribution in [-0.2, 0) is 9.53 Å². The van der Waals surface area contributed by atoms with Crippen molar-refractivity contribution >= 4 is 17.9 Å². The predicted molar refractivity (Wildman–Crippen MR) is 90.2 cm³/mol. The van der Waals surface area contributed by atoms with Gasteiger partial charge in [-0.25, -0.2) is 0 Å². The minimum atomic E-state index is -0.633. The molecule has 0 amide bonds. The summed E-state index contributed by atoms with van der Waals surface area (Å²) in [6.07, 6.45) is 4.91. The van der Waals surface area contributed by atoms with Gasteiger partial charge in [0.1, 0.15) is 5.56 Å². The SMILES string of the molecule is COc1c(OCCCCCCCOC(C)=O)ccc([N+](=O)[O-])c1C=O. The number of hydrogen-bond donors (Lipinski definition) is 0. The van der Waals surface area contributed by atoms with E-state index in [-0.39, 0.29) is 23.0 Å². The summed E-state index contributed by atoms with van der Waals surface area (Å²) in [5, 5.41) is 10.9. The molecule has 0 aliphatic heterocycles. The number of nitro benzene ring substituents is 1. The second-order valence-corrected chi connectivity index (χ2v) is 5.36. The molecule has 0 N–H and O–H groups in total. The highest BCUT2D eigenvalue weighted by atomic mass is 16.6. The van der Waals surface area contributed by atoms with Crippen molar-refractivity contribution in [3.05, 3.63) is 27.8 Å². The van der Waals surface area contributed by atoms with E-state index >= 15 is 0 Å². The first-order valence-corrected chi connectivity index (χ1v) is 8.08. The Bertz CT molecular complexity index is 601. The van der Waals surface area contributed by atoms with Crippen LogP contribution in [0.1, 0.15) is 49.4 Å². The van der Waals surface area contributed by atoms with Gasteiger partial charge in [-0.3, -0.25) is 19.7 Å². The third kappa shape index (κ3) is 6.78. The lowest BCUT2D eigenvalue weighted by atomic mass is 10.1. The predicted octanol–water partition coefficient (Wildman–Crippen LogP) is 3.31. The van der Waals surface area contributed by atoms with Crippen LogP contribution in [0, 0.1) is 10.1 Å². The maximum atomic E-state index is 11.1. The molecular weight excluding hydrogens is 330 g/mol. The van der Waals surface area contributed by atoms with Gasteiger partial charge >= 0.3 is 5.97 Å². The van der Waals surface area contributed by atoms with Gasteiger partial charge in [-0.15, -0.1) is 0 Å². The van der Waals surface area contributed by atoms with E-state index in [0.29, 0.717) is 25.2 Å². The number of aldehydes is 1. The molecule has 0 saturated heterocycles. The van der Waals surface area contributed by atoms with Crippen LogP contribution < -0.4 is 9.47 Å². The number of nitrogens with zero attached hydrogens (tertiary/aromatic N) is 1. The molecule has 0 aromatic heterocycles. The Morgan fingerprint density at radius 2 is 1.80 bits per heavy atom. The van der Waals surface area contributed by atoms with Crippen molar-refractivity contribution in [3.8, 4) is 11.5 Å². The van der Waals surface area contributed by atoms with Crippen molar-refractivity contribution < 1.29 is 28.7 Å². The van der Waals surface area contributed by atoms with Crippen molar-refractivity contribution in [2.75, 3.05) is 20.3 Å². The highest BCUT2D eigenvalue weighted by molar-refractivity contribution is 5.87. The summed E-state index contributed by atoms with van der Waals surface area (Å²) >= 11 is 0. The second kappa shape index (κ2) is 11.0. The van der Waals surface area contributed by atoms with Gasteiger partial charge in [0.15, 0.2) is 17.8 Å². The summed E-state index contributed by atoms with van der Waals surface area (Å²) in [6.45, 7) is 2.25. The van der Waals surface area contributed by atoms with E-state index in [1.807, 2.05) is 0 Å². The molecule has 8 nitrogen and oxygen atoms in total. The summed E-state index contributed by atoms with van der Waals surface area (Å²) in [7, 11) is 1.34. The number of esters is 1. The van der Waals surface area contributed by atoms with Crippen LogP contribution in [0.25, 0.3) is 0 Å². The van der Waals surface area contributed by atoms with Crippen LogP contribution in [0.4, 0.5) is 5.69 Å². The Morgan fingerprint density at radius 1 is 1.16 bits per heavy atom. The molecule has 1 rings (SSSR count). The number of nitro groups is 1. The molecule has 0 atom stereocenters. The van der Waals surface area contributed by atoms with Gasteiger partial charge in [0.2, 0.25) is 0 Å². The summed E-state index contributed by atoms with van der Waals surface area (Å²) in [5.74, 6) is 0.121. The van der Waals surface area contributed by atoms with Gasteiger partial charge < -0.3 is 14.2 Å². The fourth-order valence-electron chi connectivity index (χ4n) is 2.30. The lowest BCUT2D eigenvalue weighted by molar-refractivity contribution is -0.385. The van der Waals surface area contributed by atoms with Gasteiger partial charge in [-0.05, 0) is 18.9 Å². The van der Waals surface area contributed by atoms with Crippen molar-refractivity contribution in [2.45, 2.75) is 39.0 Å². The largest absolute Gasteiger partial charge is 0.492 e. The fraction of sp³-hybridized carbons (Fsp3) is 0.529. The van der Waals surface area contributed by atoms with E-state index < -0.39 is 4.92 Å². The Morgan fingerprint density at radius 3 is 2.36 bits per heavy atom. The van der Waals surface area contributed by atoms with Crippen LogP contribution in [0.3, 0.4) is 0 Å². The first-order chi connectivity index (χ1) is 12.0. The molecule has 0 fully saturated rings. The minimum absolute atomic E-state index is 0.0746. The number of rotatable bonds is 12. The van der Waals surface area contributed by atoms with Crippen LogP contribution in [0.5, 0.6) is 11.5 Å². The summed E-state index contributed by atoms with van der Waals surface area (Å²) in [4.78, 5) is 32.0. The number of ether oxygens (including phenoxy) is 3. The van der Waals surface area contributed by atoms with Gasteiger partial charge in [-0.2, -0.15) is 0 Å². The highest BCUT2D eigenvalue weighted by Crippen LogP contribution is 2.36. The number of methoxy groups -OCH3 is 1. The normalized spacial score (nSPS) is 10.2.